The average molecular weight is 352 g/mol. The second-order valence-corrected chi connectivity index (χ2v) is 7.03. The lowest BCUT2D eigenvalue weighted by Crippen LogP contribution is -2.29. The maximum Gasteiger partial charge on any atom is 0.408 e. The van der Waals surface area contributed by atoms with Crippen LogP contribution in [0.1, 0.15) is 5.82 Å². The smallest absolute Gasteiger partial charge is 0.408 e. The fourth-order valence-corrected chi connectivity index (χ4v) is 2.21. The van der Waals surface area contributed by atoms with Crippen LogP contribution in [-0.4, -0.2) is 53.5 Å². The van der Waals surface area contributed by atoms with Crippen molar-refractivity contribution in [1.29, 1.82) is 0 Å². The molecule has 0 N–H and O–H groups in total. The van der Waals surface area contributed by atoms with Crippen LogP contribution >= 0.6 is 0 Å². The number of sulfonamides is 1. The molecule has 2 aromatic heterocycles. The summed E-state index contributed by atoms with van der Waals surface area (Å²) >= 11 is 0. The van der Waals surface area contributed by atoms with E-state index in [4.69, 9.17) is 4.42 Å². The van der Waals surface area contributed by atoms with Gasteiger partial charge in [0, 0.05) is 20.0 Å². The maximum atomic E-state index is 12.6. The van der Waals surface area contributed by atoms with Crippen molar-refractivity contribution in [3.63, 3.8) is 0 Å². The molecule has 0 saturated carbocycles. The van der Waals surface area contributed by atoms with Gasteiger partial charge in [0.15, 0.2) is 5.76 Å². The third kappa shape index (κ3) is 4.79. The highest BCUT2D eigenvalue weighted by atomic mass is 32.2. The number of hydrogen-bond acceptors (Lipinski definition) is 5. The summed E-state index contributed by atoms with van der Waals surface area (Å²) in [4.78, 5) is 4.03. The third-order valence-electron chi connectivity index (χ3n) is 3.04. The quantitative estimate of drug-likeness (QED) is 0.788. The Morgan fingerprint density at radius 2 is 2.09 bits per heavy atom. The van der Waals surface area contributed by atoms with E-state index >= 15 is 0 Å². The number of nitrogens with zero attached hydrogens (tertiary/aromatic N) is 4. The van der Waals surface area contributed by atoms with E-state index in [1.807, 2.05) is 0 Å². The summed E-state index contributed by atoms with van der Waals surface area (Å²) in [7, 11) is -2.08. The van der Waals surface area contributed by atoms with Crippen molar-refractivity contribution in [2.24, 2.45) is 0 Å². The Hall–Kier alpha value is -1.88. The molecule has 0 saturated heterocycles. The standard InChI is InChI=1S/C12H15F3N4O3S/c1-18(23(2,20)21)6-5-10-16-11(9-4-3-7-22-9)17-19(10)8-12(13,14)15/h3-4,7H,5-6,8H2,1-2H3. The monoisotopic (exact) mass is 352 g/mol. The Bertz CT molecular complexity index is 753. The molecule has 7 nitrogen and oxygen atoms in total. The van der Waals surface area contributed by atoms with Gasteiger partial charge in [0.05, 0.1) is 12.5 Å². The van der Waals surface area contributed by atoms with Crippen LogP contribution in [0.25, 0.3) is 11.6 Å². The first kappa shape index (κ1) is 17.5. The molecule has 0 radical (unpaired) electrons. The van der Waals surface area contributed by atoms with E-state index in [2.05, 4.69) is 10.1 Å². The summed E-state index contributed by atoms with van der Waals surface area (Å²) in [6.07, 6.45) is -2.10. The molecule has 0 aromatic carbocycles. The van der Waals surface area contributed by atoms with E-state index in [0.29, 0.717) is 4.68 Å². The van der Waals surface area contributed by atoms with E-state index in [1.165, 1.54) is 19.4 Å². The second kappa shape index (κ2) is 6.32. The number of rotatable bonds is 6. The predicted octanol–water partition coefficient (Wildman–Crippen LogP) is 1.53. The molecular formula is C12H15F3N4O3S. The van der Waals surface area contributed by atoms with Crippen molar-refractivity contribution >= 4 is 10.0 Å². The molecule has 0 spiro atoms. The summed E-state index contributed by atoms with van der Waals surface area (Å²) in [6.45, 7) is -1.31. The molecule has 0 aliphatic carbocycles. The van der Waals surface area contributed by atoms with Crippen LogP contribution in [0.5, 0.6) is 0 Å². The maximum absolute atomic E-state index is 12.6. The van der Waals surface area contributed by atoms with Gasteiger partial charge in [-0.1, -0.05) is 0 Å². The lowest BCUT2D eigenvalue weighted by molar-refractivity contribution is -0.143. The van der Waals surface area contributed by atoms with Crippen LogP contribution in [0, 0.1) is 0 Å². The number of halogens is 3. The van der Waals surface area contributed by atoms with Gasteiger partial charge in [0.1, 0.15) is 12.4 Å². The van der Waals surface area contributed by atoms with Crippen molar-refractivity contribution < 1.29 is 26.0 Å². The summed E-state index contributed by atoms with van der Waals surface area (Å²) in [6, 6.07) is 3.09. The topological polar surface area (TPSA) is 81.2 Å². The van der Waals surface area contributed by atoms with Crippen LogP contribution in [0.4, 0.5) is 13.2 Å². The van der Waals surface area contributed by atoms with E-state index in [-0.39, 0.29) is 30.4 Å². The highest BCUT2D eigenvalue weighted by molar-refractivity contribution is 7.88. The predicted molar refractivity (Wildman–Crippen MR) is 75.0 cm³/mol. The number of hydrogen-bond donors (Lipinski definition) is 0. The molecule has 0 fully saturated rings. The van der Waals surface area contributed by atoms with Crippen LogP contribution in [0.3, 0.4) is 0 Å². The van der Waals surface area contributed by atoms with E-state index in [1.54, 1.807) is 6.07 Å². The number of furan rings is 1. The third-order valence-corrected chi connectivity index (χ3v) is 4.35. The van der Waals surface area contributed by atoms with Crippen molar-refractivity contribution in [3.8, 4) is 11.6 Å². The van der Waals surface area contributed by atoms with Crippen LogP contribution in [0.15, 0.2) is 22.8 Å². The van der Waals surface area contributed by atoms with E-state index < -0.39 is 22.7 Å². The van der Waals surface area contributed by atoms with Crippen LogP contribution < -0.4 is 0 Å². The van der Waals surface area contributed by atoms with Crippen LogP contribution in [0.2, 0.25) is 0 Å². The molecule has 0 unspecified atom stereocenters. The molecule has 2 aromatic rings. The zero-order valence-electron chi connectivity index (χ0n) is 12.4. The Morgan fingerprint density at radius 3 is 2.61 bits per heavy atom. The second-order valence-electron chi connectivity index (χ2n) is 4.94. The van der Waals surface area contributed by atoms with E-state index in [0.717, 1.165) is 10.6 Å². The van der Waals surface area contributed by atoms with Crippen molar-refractivity contribution in [2.75, 3.05) is 19.8 Å². The summed E-state index contributed by atoms with van der Waals surface area (Å²) in [5, 5.41) is 3.80. The van der Waals surface area contributed by atoms with Gasteiger partial charge in [-0.3, -0.25) is 0 Å². The van der Waals surface area contributed by atoms with Gasteiger partial charge in [-0.2, -0.15) is 13.2 Å². The van der Waals surface area contributed by atoms with E-state index in [9.17, 15) is 21.6 Å². The largest absolute Gasteiger partial charge is 0.461 e. The summed E-state index contributed by atoms with van der Waals surface area (Å²) < 4.78 is 67.4. The first-order valence-corrected chi connectivity index (χ1v) is 8.37. The number of aromatic nitrogens is 3. The summed E-state index contributed by atoms with van der Waals surface area (Å²) in [5.74, 6) is 0.295. The minimum atomic E-state index is -4.47. The fraction of sp³-hybridized carbons (Fsp3) is 0.500. The molecule has 0 atom stereocenters. The van der Waals surface area contributed by atoms with Gasteiger partial charge in [0.25, 0.3) is 0 Å². The van der Waals surface area contributed by atoms with Gasteiger partial charge < -0.3 is 4.42 Å². The first-order chi connectivity index (χ1) is 10.6. The van der Waals surface area contributed by atoms with Crippen LogP contribution in [-0.2, 0) is 23.0 Å². The Labute approximate surface area is 130 Å². The molecule has 0 aliphatic heterocycles. The normalized spacial score (nSPS) is 13.0. The lowest BCUT2D eigenvalue weighted by Gasteiger charge is -2.14. The molecule has 2 rings (SSSR count). The number of alkyl halides is 3. The molecular weight excluding hydrogens is 337 g/mol. The van der Waals surface area contributed by atoms with Gasteiger partial charge in [-0.15, -0.1) is 5.10 Å². The SMILES string of the molecule is CN(CCc1nc(-c2ccco2)nn1CC(F)(F)F)S(C)(=O)=O. The lowest BCUT2D eigenvalue weighted by atomic mass is 10.4. The minimum Gasteiger partial charge on any atom is -0.461 e. The summed E-state index contributed by atoms with van der Waals surface area (Å²) in [5.41, 5.74) is 0. The Morgan fingerprint density at radius 1 is 1.39 bits per heavy atom. The fourth-order valence-electron chi connectivity index (χ4n) is 1.79. The Kier molecular flexibility index (Phi) is 4.80. The molecule has 2 heterocycles. The average Bonchev–Trinajstić information content (AvgIpc) is 3.02. The van der Waals surface area contributed by atoms with Gasteiger partial charge in [-0.05, 0) is 12.1 Å². The first-order valence-electron chi connectivity index (χ1n) is 6.52. The van der Waals surface area contributed by atoms with Crippen molar-refractivity contribution in [3.05, 3.63) is 24.2 Å². The van der Waals surface area contributed by atoms with Crippen molar-refractivity contribution in [1.82, 2.24) is 19.1 Å². The molecule has 11 heteroatoms. The Balaban J connectivity index is 2.25. The zero-order valence-corrected chi connectivity index (χ0v) is 13.2. The highest BCUT2D eigenvalue weighted by Gasteiger charge is 2.30. The molecule has 128 valence electrons. The van der Waals surface area contributed by atoms with Gasteiger partial charge in [0.2, 0.25) is 15.8 Å². The molecule has 0 bridgehead atoms. The number of likely N-dealkylation sites (N-methyl/N-ethyl adjacent to an activating group) is 1. The van der Waals surface area contributed by atoms with Gasteiger partial charge in [-0.25, -0.2) is 22.4 Å². The molecule has 0 amide bonds. The minimum absolute atomic E-state index is 0.00659. The van der Waals surface area contributed by atoms with Crippen molar-refractivity contribution in [2.45, 2.75) is 19.1 Å². The highest BCUT2D eigenvalue weighted by Crippen LogP contribution is 2.21. The van der Waals surface area contributed by atoms with Gasteiger partial charge >= 0.3 is 6.18 Å². The zero-order chi connectivity index (χ0) is 17.3. The molecule has 0 aliphatic rings. The molecule has 23 heavy (non-hydrogen) atoms.